The van der Waals surface area contributed by atoms with Crippen LogP contribution >= 0.6 is 22.9 Å². The molecule has 5 aromatic rings. The number of benzene rings is 2. The number of nitrogens with zero attached hydrogens (tertiary/aromatic N) is 4. The minimum absolute atomic E-state index is 0.0493. The molecule has 3 heterocycles. The van der Waals surface area contributed by atoms with Crippen molar-refractivity contribution < 1.29 is 4.52 Å². The highest BCUT2D eigenvalue weighted by atomic mass is 35.5. The Bertz CT molecular complexity index is 1560. The summed E-state index contributed by atoms with van der Waals surface area (Å²) in [6.45, 7) is 2.11. The lowest BCUT2D eigenvalue weighted by atomic mass is 10.1. The maximum Gasteiger partial charge on any atom is 0.332 e. The zero-order valence-electron chi connectivity index (χ0n) is 17.0. The van der Waals surface area contributed by atoms with Gasteiger partial charge in [0, 0.05) is 10.6 Å². The number of halogens is 1. The summed E-state index contributed by atoms with van der Waals surface area (Å²) in [6.07, 6.45) is 0. The number of hydrogen-bond acceptors (Lipinski definition) is 6. The van der Waals surface area contributed by atoms with Gasteiger partial charge in [-0.05, 0) is 36.1 Å². The molecule has 5 rings (SSSR count). The smallest absolute Gasteiger partial charge is 0.332 e. The molecule has 0 bridgehead atoms. The van der Waals surface area contributed by atoms with Crippen molar-refractivity contribution in [2.75, 3.05) is 0 Å². The molecule has 32 heavy (non-hydrogen) atoms. The summed E-state index contributed by atoms with van der Waals surface area (Å²) in [5.41, 5.74) is 2.33. The van der Waals surface area contributed by atoms with Crippen LogP contribution in [0.25, 0.3) is 21.6 Å². The first-order valence-corrected chi connectivity index (χ1v) is 11.1. The van der Waals surface area contributed by atoms with Crippen molar-refractivity contribution in [1.29, 1.82) is 0 Å². The topological polar surface area (TPSA) is 82.9 Å². The predicted molar refractivity (Wildman–Crippen MR) is 124 cm³/mol. The third-order valence-corrected chi connectivity index (χ3v) is 6.42. The van der Waals surface area contributed by atoms with Gasteiger partial charge in [0.05, 0.1) is 12.1 Å². The Morgan fingerprint density at radius 1 is 1.03 bits per heavy atom. The van der Waals surface area contributed by atoms with Gasteiger partial charge in [-0.3, -0.25) is 13.9 Å². The highest BCUT2D eigenvalue weighted by Crippen LogP contribution is 2.20. The van der Waals surface area contributed by atoms with Gasteiger partial charge in [-0.2, -0.15) is 4.98 Å². The Hall–Kier alpha value is -3.49. The third kappa shape index (κ3) is 3.68. The fourth-order valence-electron chi connectivity index (χ4n) is 3.58. The minimum atomic E-state index is -0.462. The number of hydrogen-bond donors (Lipinski definition) is 0. The van der Waals surface area contributed by atoms with Crippen LogP contribution in [0.1, 0.15) is 17.0 Å². The molecule has 160 valence electrons. The van der Waals surface area contributed by atoms with E-state index in [0.717, 1.165) is 11.1 Å². The molecule has 0 unspecified atom stereocenters. The Kier molecular flexibility index (Phi) is 5.24. The van der Waals surface area contributed by atoms with E-state index >= 15 is 0 Å². The van der Waals surface area contributed by atoms with Crippen LogP contribution in [0.4, 0.5) is 0 Å². The molecule has 0 aliphatic heterocycles. The number of aryl methyl sites for hydroxylation is 1. The second-order valence-corrected chi connectivity index (χ2v) is 8.69. The van der Waals surface area contributed by atoms with Crippen molar-refractivity contribution in [3.05, 3.63) is 103 Å². The van der Waals surface area contributed by atoms with Gasteiger partial charge in [-0.1, -0.05) is 58.7 Å². The van der Waals surface area contributed by atoms with E-state index in [1.165, 1.54) is 20.5 Å². The van der Waals surface area contributed by atoms with Crippen LogP contribution in [0.5, 0.6) is 0 Å². The molecule has 0 fully saturated rings. The van der Waals surface area contributed by atoms with E-state index in [1.807, 2.05) is 37.3 Å². The monoisotopic (exact) mass is 464 g/mol. The van der Waals surface area contributed by atoms with Gasteiger partial charge in [0.2, 0.25) is 11.7 Å². The summed E-state index contributed by atoms with van der Waals surface area (Å²) in [6, 6.07) is 16.7. The molecule has 2 aromatic carbocycles. The van der Waals surface area contributed by atoms with E-state index in [4.69, 9.17) is 16.1 Å². The van der Waals surface area contributed by atoms with Crippen molar-refractivity contribution in [3.8, 4) is 11.4 Å². The predicted octanol–water partition coefficient (Wildman–Crippen LogP) is 4.33. The maximum atomic E-state index is 13.3. The van der Waals surface area contributed by atoms with E-state index in [0.29, 0.717) is 26.6 Å². The van der Waals surface area contributed by atoms with Gasteiger partial charge >= 0.3 is 5.69 Å². The summed E-state index contributed by atoms with van der Waals surface area (Å²) < 4.78 is 8.58. The van der Waals surface area contributed by atoms with E-state index < -0.39 is 5.69 Å². The van der Waals surface area contributed by atoms with Crippen molar-refractivity contribution in [2.24, 2.45) is 0 Å². The molecule has 0 radical (unpaired) electrons. The molecule has 0 N–H and O–H groups in total. The van der Waals surface area contributed by atoms with Gasteiger partial charge in [-0.15, -0.1) is 11.3 Å². The molecule has 9 heteroatoms. The normalized spacial score (nSPS) is 11.3. The molecule has 7 nitrogen and oxygen atoms in total. The highest BCUT2D eigenvalue weighted by Gasteiger charge is 2.18. The molecule has 0 aliphatic carbocycles. The van der Waals surface area contributed by atoms with E-state index in [-0.39, 0.29) is 24.5 Å². The van der Waals surface area contributed by atoms with Gasteiger partial charge < -0.3 is 4.52 Å². The summed E-state index contributed by atoms with van der Waals surface area (Å²) in [5.74, 6) is 0.724. The second kappa shape index (κ2) is 8.22. The zero-order valence-corrected chi connectivity index (χ0v) is 18.6. The lowest BCUT2D eigenvalue weighted by molar-refractivity contribution is 0.369. The van der Waals surface area contributed by atoms with E-state index in [9.17, 15) is 9.59 Å². The average molecular weight is 465 g/mol. The van der Waals surface area contributed by atoms with Crippen molar-refractivity contribution in [2.45, 2.75) is 20.0 Å². The summed E-state index contributed by atoms with van der Waals surface area (Å²) in [5, 5.41) is 6.34. The second-order valence-electron chi connectivity index (χ2n) is 7.37. The molecular weight excluding hydrogens is 448 g/mol. The highest BCUT2D eigenvalue weighted by molar-refractivity contribution is 7.17. The molecule has 0 saturated carbocycles. The van der Waals surface area contributed by atoms with Crippen LogP contribution in [0.2, 0.25) is 5.02 Å². The van der Waals surface area contributed by atoms with E-state index in [1.54, 1.807) is 29.6 Å². The fourth-order valence-corrected chi connectivity index (χ4v) is 4.62. The van der Waals surface area contributed by atoms with Gasteiger partial charge in [0.25, 0.3) is 5.56 Å². The molecule has 3 aromatic heterocycles. The SMILES string of the molecule is Cc1cccc(-c2noc(Cn3c(=O)n(Cc4ccccc4Cl)c(=O)c4sccc43)n2)c1. The molecular formula is C23H17ClN4O3S. The van der Waals surface area contributed by atoms with Crippen LogP contribution in [-0.2, 0) is 13.1 Å². The molecule has 0 atom stereocenters. The van der Waals surface area contributed by atoms with Crippen molar-refractivity contribution in [1.82, 2.24) is 19.3 Å². The largest absolute Gasteiger partial charge is 0.337 e. The lowest BCUT2D eigenvalue weighted by Gasteiger charge is -2.11. The van der Waals surface area contributed by atoms with Crippen LogP contribution in [0.15, 0.2) is 74.1 Å². The molecule has 0 spiro atoms. The first kappa shape index (κ1) is 20.4. The molecule has 0 amide bonds. The first-order valence-electron chi connectivity index (χ1n) is 9.85. The zero-order chi connectivity index (χ0) is 22.2. The Balaban J connectivity index is 1.58. The maximum absolute atomic E-state index is 13.3. The number of aromatic nitrogens is 4. The number of fused-ring (bicyclic) bond motifs is 1. The number of thiophene rings is 1. The summed E-state index contributed by atoms with van der Waals surface area (Å²) in [7, 11) is 0. The van der Waals surface area contributed by atoms with Gasteiger partial charge in [-0.25, -0.2) is 4.79 Å². The first-order chi connectivity index (χ1) is 15.5. The Morgan fingerprint density at radius 3 is 2.69 bits per heavy atom. The van der Waals surface area contributed by atoms with E-state index in [2.05, 4.69) is 10.1 Å². The standard InChI is InChI=1S/C23H17ClN4O3S/c1-14-5-4-7-15(11-14)21-25-19(31-26-21)13-27-18-9-10-32-20(18)22(29)28(23(27)30)12-16-6-2-3-8-17(16)24/h2-11H,12-13H2,1H3. The van der Waals surface area contributed by atoms with Crippen LogP contribution < -0.4 is 11.2 Å². The Morgan fingerprint density at radius 2 is 1.88 bits per heavy atom. The van der Waals surface area contributed by atoms with Crippen molar-refractivity contribution >= 4 is 33.2 Å². The summed E-state index contributed by atoms with van der Waals surface area (Å²) >= 11 is 7.55. The average Bonchev–Trinajstić information content (AvgIpc) is 3.45. The Labute approximate surface area is 191 Å². The third-order valence-electron chi connectivity index (χ3n) is 5.16. The number of rotatable bonds is 5. The van der Waals surface area contributed by atoms with Gasteiger partial charge in [0.1, 0.15) is 11.2 Å². The van der Waals surface area contributed by atoms with Crippen LogP contribution in [0, 0.1) is 6.92 Å². The quantitative estimate of drug-likeness (QED) is 0.386. The van der Waals surface area contributed by atoms with Crippen LogP contribution in [-0.4, -0.2) is 19.3 Å². The van der Waals surface area contributed by atoms with Crippen molar-refractivity contribution in [3.63, 3.8) is 0 Å². The molecule has 0 saturated heterocycles. The van der Waals surface area contributed by atoms with Gasteiger partial charge in [0.15, 0.2) is 0 Å². The molecule has 0 aliphatic rings. The lowest BCUT2D eigenvalue weighted by Crippen LogP contribution is -2.40. The minimum Gasteiger partial charge on any atom is -0.337 e. The summed E-state index contributed by atoms with van der Waals surface area (Å²) in [4.78, 5) is 30.8. The fraction of sp³-hybridized carbons (Fsp3) is 0.130. The van der Waals surface area contributed by atoms with Crippen LogP contribution in [0.3, 0.4) is 0 Å².